The van der Waals surface area contributed by atoms with Crippen LogP contribution in [0.1, 0.15) is 70.0 Å². The second-order valence-corrected chi connectivity index (χ2v) is 21.1. The highest BCUT2D eigenvalue weighted by Gasteiger charge is 2.28. The van der Waals surface area contributed by atoms with Crippen LogP contribution in [-0.4, -0.2) is 130 Å². The molecule has 2 aliphatic rings. The summed E-state index contributed by atoms with van der Waals surface area (Å²) in [6.07, 6.45) is 1.29. The fraction of sp³-hybridized carbons (Fsp3) is 0.288. The van der Waals surface area contributed by atoms with Crippen LogP contribution in [0.2, 0.25) is 0 Å². The summed E-state index contributed by atoms with van der Waals surface area (Å²) in [6, 6.07) is 39.8. The standard InChI is InChI=1S/C30H31N5O4S.C29H29N5O4S/c1-3-23-19-24-27(32-30(33-28(24)40-23)31-25(36)13-14-26(37)39-2)34-15-17-35(18-16-34)29(38)22-11-9-21(10-12-22)20-7-5-4-6-8-20;1-2-22-18-23-26(31-29(32-27(23)39-22)30-24(35)12-13-25(36)37)33-14-16-34(17-15-33)28(38)21-10-8-20(9-11-21)19-6-4-3-5-7-19/h4-12,19H,3,13-18H2,1-2H3,(H,31,32,33,36);3-11,18H,2,12-17H2,1H3,(H,36,37)(H,30,31,32,35). The molecule has 4 aromatic heterocycles. The second-order valence-electron chi connectivity index (χ2n) is 18.8. The molecule has 2 saturated heterocycles. The highest BCUT2D eigenvalue weighted by atomic mass is 32.1. The van der Waals surface area contributed by atoms with Gasteiger partial charge in [0.2, 0.25) is 23.7 Å². The number of carboxylic acids is 1. The number of rotatable bonds is 16. The summed E-state index contributed by atoms with van der Waals surface area (Å²) < 4.78 is 4.62. The van der Waals surface area contributed by atoms with Gasteiger partial charge in [-0.3, -0.25) is 39.4 Å². The van der Waals surface area contributed by atoms with Crippen molar-refractivity contribution in [1.82, 2.24) is 29.7 Å². The number of ether oxygens (including phenoxy) is 1. The van der Waals surface area contributed by atoms with Crippen LogP contribution in [0.25, 0.3) is 42.7 Å². The molecule has 79 heavy (non-hydrogen) atoms. The number of piperazine rings is 2. The SMILES string of the molecule is CCc1cc2c(N3CCN(C(=O)c4ccc(-c5ccccc5)cc4)CC3)nc(NC(=O)CCC(=O)O)nc2s1.CCc1cc2c(N3CCN(C(=O)c4ccc(-c5ccccc5)cc4)CC3)nc(NC(=O)CCC(=O)OC)nc2s1. The summed E-state index contributed by atoms with van der Waals surface area (Å²) in [5.74, 6) is -0.446. The van der Waals surface area contributed by atoms with E-state index in [1.54, 1.807) is 22.7 Å². The molecule has 6 heterocycles. The van der Waals surface area contributed by atoms with Crippen LogP contribution in [0.15, 0.2) is 121 Å². The van der Waals surface area contributed by atoms with E-state index in [0.717, 1.165) is 66.2 Å². The van der Waals surface area contributed by atoms with Crippen molar-refractivity contribution >= 4 is 102 Å². The van der Waals surface area contributed by atoms with E-state index >= 15 is 0 Å². The Morgan fingerprint density at radius 1 is 0.506 bits per heavy atom. The molecule has 4 aromatic carbocycles. The van der Waals surface area contributed by atoms with Gasteiger partial charge in [0, 0.05) is 86.1 Å². The molecular formula is C59H60N10O8S2. The average Bonchev–Trinajstić information content (AvgIpc) is 4.16. The summed E-state index contributed by atoms with van der Waals surface area (Å²) in [7, 11) is 1.29. The number of carboxylic acid groups (broad SMARTS) is 1. The molecule has 0 aliphatic carbocycles. The molecule has 4 amide bonds. The lowest BCUT2D eigenvalue weighted by molar-refractivity contribution is -0.141. The predicted octanol–water partition coefficient (Wildman–Crippen LogP) is 9.46. The van der Waals surface area contributed by atoms with E-state index < -0.39 is 17.8 Å². The number of carbonyl (C=O) groups excluding carboxylic acids is 5. The lowest BCUT2D eigenvalue weighted by Gasteiger charge is -2.35. The molecule has 20 heteroatoms. The molecule has 10 rings (SSSR count). The van der Waals surface area contributed by atoms with Crippen LogP contribution >= 0.6 is 22.7 Å². The Balaban J connectivity index is 0.000000192. The van der Waals surface area contributed by atoms with Gasteiger partial charge in [-0.05, 0) is 71.5 Å². The molecule has 0 atom stereocenters. The van der Waals surface area contributed by atoms with Crippen molar-refractivity contribution < 1.29 is 38.6 Å². The number of anilines is 4. The van der Waals surface area contributed by atoms with Gasteiger partial charge in [-0.15, -0.1) is 22.7 Å². The van der Waals surface area contributed by atoms with Crippen molar-refractivity contribution in [2.75, 3.05) is 79.9 Å². The third-order valence-corrected chi connectivity index (χ3v) is 16.0. The van der Waals surface area contributed by atoms with E-state index in [0.29, 0.717) is 69.3 Å². The number of carbonyl (C=O) groups is 6. The Morgan fingerprint density at radius 2 is 0.886 bits per heavy atom. The van der Waals surface area contributed by atoms with E-state index in [9.17, 15) is 28.8 Å². The predicted molar refractivity (Wildman–Crippen MR) is 309 cm³/mol. The van der Waals surface area contributed by atoms with Crippen LogP contribution < -0.4 is 20.4 Å². The molecule has 406 valence electrons. The van der Waals surface area contributed by atoms with Gasteiger partial charge in [-0.1, -0.05) is 98.8 Å². The zero-order valence-electron chi connectivity index (χ0n) is 44.1. The average molecular weight is 1100 g/mol. The van der Waals surface area contributed by atoms with Crippen LogP contribution in [0.3, 0.4) is 0 Å². The van der Waals surface area contributed by atoms with Crippen molar-refractivity contribution in [3.63, 3.8) is 0 Å². The molecule has 0 saturated carbocycles. The van der Waals surface area contributed by atoms with E-state index in [1.807, 2.05) is 107 Å². The number of hydrogen-bond acceptors (Lipinski definition) is 15. The highest BCUT2D eigenvalue weighted by Crippen LogP contribution is 2.35. The number of thiophene rings is 2. The van der Waals surface area contributed by atoms with Crippen molar-refractivity contribution in [1.29, 1.82) is 0 Å². The fourth-order valence-corrected chi connectivity index (χ4v) is 11.2. The molecule has 18 nitrogen and oxygen atoms in total. The van der Waals surface area contributed by atoms with Gasteiger partial charge in [0.1, 0.15) is 21.3 Å². The minimum atomic E-state index is -1.03. The first-order chi connectivity index (χ1) is 38.4. The van der Waals surface area contributed by atoms with Crippen LogP contribution in [0.5, 0.6) is 0 Å². The maximum Gasteiger partial charge on any atom is 0.306 e. The molecule has 0 radical (unpaired) electrons. The molecule has 0 spiro atoms. The summed E-state index contributed by atoms with van der Waals surface area (Å²) in [6.45, 7) is 8.72. The number of nitrogens with zero attached hydrogens (tertiary/aromatic N) is 8. The van der Waals surface area contributed by atoms with Crippen LogP contribution in [0.4, 0.5) is 23.5 Å². The molecular weight excluding hydrogens is 1040 g/mol. The quantitative estimate of drug-likeness (QED) is 0.0768. The number of aromatic nitrogens is 4. The molecule has 0 bridgehead atoms. The van der Waals surface area contributed by atoms with Gasteiger partial charge in [0.25, 0.3) is 11.8 Å². The molecule has 2 fully saturated rings. The first kappa shape index (κ1) is 55.1. The van der Waals surface area contributed by atoms with Crippen molar-refractivity contribution in [3.05, 3.63) is 142 Å². The molecule has 3 N–H and O–H groups in total. The zero-order chi connectivity index (χ0) is 55.4. The number of fused-ring (bicyclic) bond motifs is 2. The normalized spacial score (nSPS) is 13.4. The largest absolute Gasteiger partial charge is 0.481 e. The number of amides is 4. The van der Waals surface area contributed by atoms with E-state index in [-0.39, 0.29) is 55.3 Å². The van der Waals surface area contributed by atoms with Crippen molar-refractivity contribution in [2.24, 2.45) is 0 Å². The first-order valence-electron chi connectivity index (χ1n) is 26.2. The Bertz CT molecular complexity index is 3470. The van der Waals surface area contributed by atoms with Gasteiger partial charge in [0.05, 0.1) is 30.7 Å². The molecule has 0 unspecified atom stereocenters. The number of nitrogens with one attached hydrogen (secondary N) is 2. The minimum Gasteiger partial charge on any atom is -0.481 e. The van der Waals surface area contributed by atoms with E-state index in [4.69, 9.17) is 10.1 Å². The number of aryl methyl sites for hydroxylation is 2. The number of esters is 1. The molecule has 2 aliphatic heterocycles. The highest BCUT2D eigenvalue weighted by molar-refractivity contribution is 7.19. The lowest BCUT2D eigenvalue weighted by atomic mass is 10.0. The second kappa shape index (κ2) is 25.7. The number of benzene rings is 4. The van der Waals surface area contributed by atoms with Crippen molar-refractivity contribution in [3.8, 4) is 22.3 Å². The van der Waals surface area contributed by atoms with Gasteiger partial charge in [0.15, 0.2) is 0 Å². The van der Waals surface area contributed by atoms with Crippen LogP contribution in [-0.2, 0) is 36.8 Å². The van der Waals surface area contributed by atoms with E-state index in [1.165, 1.54) is 12.0 Å². The summed E-state index contributed by atoms with van der Waals surface area (Å²) in [5, 5.41) is 16.1. The summed E-state index contributed by atoms with van der Waals surface area (Å²) >= 11 is 3.12. The summed E-state index contributed by atoms with van der Waals surface area (Å²) in [5.41, 5.74) is 5.69. The van der Waals surface area contributed by atoms with Crippen LogP contribution in [0, 0.1) is 0 Å². The van der Waals surface area contributed by atoms with Gasteiger partial charge >= 0.3 is 11.9 Å². The third-order valence-electron chi connectivity index (χ3n) is 13.6. The number of hydrogen-bond donors (Lipinski definition) is 3. The minimum absolute atomic E-state index is 0.00252. The van der Waals surface area contributed by atoms with Gasteiger partial charge in [-0.2, -0.15) is 9.97 Å². The Labute approximate surface area is 465 Å². The molecule has 8 aromatic rings. The maximum atomic E-state index is 13.3. The monoisotopic (exact) mass is 1100 g/mol. The maximum absolute atomic E-state index is 13.3. The van der Waals surface area contributed by atoms with Crippen molar-refractivity contribution in [2.45, 2.75) is 52.4 Å². The number of aliphatic carboxylic acids is 1. The Hall–Kier alpha value is -8.62. The third kappa shape index (κ3) is 13.7. The first-order valence-corrected chi connectivity index (χ1v) is 27.9. The van der Waals surface area contributed by atoms with Gasteiger partial charge < -0.3 is 29.4 Å². The Kier molecular flexibility index (Phi) is 17.9. The Morgan fingerprint density at radius 3 is 1.25 bits per heavy atom. The number of methoxy groups -OCH3 is 1. The fourth-order valence-electron chi connectivity index (χ4n) is 9.25. The topological polar surface area (TPSA) is 220 Å². The summed E-state index contributed by atoms with van der Waals surface area (Å²) in [4.78, 5) is 104. The lowest BCUT2D eigenvalue weighted by Crippen LogP contribution is -2.49. The van der Waals surface area contributed by atoms with Gasteiger partial charge in [-0.25, -0.2) is 9.97 Å². The smallest absolute Gasteiger partial charge is 0.306 e. The zero-order valence-corrected chi connectivity index (χ0v) is 45.8. The van der Waals surface area contributed by atoms with E-state index in [2.05, 4.69) is 78.2 Å².